The smallest absolute Gasteiger partial charge is 0.262 e. The molecule has 0 bridgehead atoms. The maximum Gasteiger partial charge on any atom is 0.262 e. The quantitative estimate of drug-likeness (QED) is 0.879. The van der Waals surface area contributed by atoms with Crippen molar-refractivity contribution in [3.05, 3.63) is 70.8 Å². The number of carbonyl (C=O) groups excluding carboxylic acids is 3. The molecule has 122 valence electrons. The summed E-state index contributed by atoms with van der Waals surface area (Å²) >= 11 is 0. The molecule has 0 fully saturated rings. The lowest BCUT2D eigenvalue weighted by Crippen LogP contribution is -2.41. The average molecular weight is 322 g/mol. The second kappa shape index (κ2) is 6.28. The van der Waals surface area contributed by atoms with E-state index in [4.69, 9.17) is 0 Å². The first kappa shape index (κ1) is 15.9. The van der Waals surface area contributed by atoms with E-state index < -0.39 is 11.8 Å². The van der Waals surface area contributed by atoms with Crippen LogP contribution in [0.5, 0.6) is 0 Å². The van der Waals surface area contributed by atoms with E-state index >= 15 is 0 Å². The summed E-state index contributed by atoms with van der Waals surface area (Å²) < 4.78 is 0. The summed E-state index contributed by atoms with van der Waals surface area (Å²) in [6.45, 7) is 3.58. The summed E-state index contributed by atoms with van der Waals surface area (Å²) in [5, 5.41) is 2.85. The molecule has 5 heteroatoms. The van der Waals surface area contributed by atoms with Crippen LogP contribution in [-0.4, -0.2) is 29.2 Å². The third-order valence-corrected chi connectivity index (χ3v) is 4.21. The Balaban J connectivity index is 1.69. The van der Waals surface area contributed by atoms with E-state index in [0.717, 1.165) is 16.0 Å². The van der Waals surface area contributed by atoms with E-state index in [2.05, 4.69) is 5.32 Å². The highest BCUT2D eigenvalue weighted by Crippen LogP contribution is 2.22. The lowest BCUT2D eigenvalue weighted by Gasteiger charge is -2.19. The highest BCUT2D eigenvalue weighted by molar-refractivity contribution is 6.22. The molecule has 1 N–H and O–H groups in total. The molecule has 1 aliphatic rings. The van der Waals surface area contributed by atoms with Gasteiger partial charge in [0.1, 0.15) is 6.54 Å². The van der Waals surface area contributed by atoms with Crippen LogP contribution in [0.4, 0.5) is 0 Å². The van der Waals surface area contributed by atoms with Crippen molar-refractivity contribution >= 4 is 17.7 Å². The summed E-state index contributed by atoms with van der Waals surface area (Å²) in [4.78, 5) is 37.8. The topological polar surface area (TPSA) is 66.5 Å². The molecule has 0 radical (unpaired) electrons. The Morgan fingerprint density at radius 2 is 1.54 bits per heavy atom. The molecule has 2 aromatic rings. The third kappa shape index (κ3) is 2.80. The molecule has 5 nitrogen and oxygen atoms in total. The zero-order chi connectivity index (χ0) is 17.3. The fourth-order valence-electron chi connectivity index (χ4n) is 2.96. The van der Waals surface area contributed by atoms with Gasteiger partial charge in [-0.1, -0.05) is 36.4 Å². The average Bonchev–Trinajstić information content (AvgIpc) is 2.80. The predicted octanol–water partition coefficient (Wildman–Crippen LogP) is 2.47. The molecule has 2 aromatic carbocycles. The Hall–Kier alpha value is -2.95. The fraction of sp³-hybridized carbons (Fsp3) is 0.211. The third-order valence-electron chi connectivity index (χ3n) is 4.21. The number of imide groups is 1. The Morgan fingerprint density at radius 1 is 1.00 bits per heavy atom. The maximum atomic E-state index is 12.3. The SMILES string of the molecule is Cc1ccccc1C(C)NC(=O)CN1C(=O)c2ccccc2C1=O. The second-order valence-corrected chi connectivity index (χ2v) is 5.89. The van der Waals surface area contributed by atoms with Gasteiger partial charge in [-0.3, -0.25) is 19.3 Å². The number of fused-ring (bicyclic) bond motifs is 1. The summed E-state index contributed by atoms with van der Waals surface area (Å²) in [5.74, 6) is -1.20. The summed E-state index contributed by atoms with van der Waals surface area (Å²) in [5.41, 5.74) is 2.78. The number of hydrogen-bond acceptors (Lipinski definition) is 3. The van der Waals surface area contributed by atoms with Gasteiger partial charge in [0.05, 0.1) is 17.2 Å². The molecule has 0 aliphatic carbocycles. The van der Waals surface area contributed by atoms with Crippen LogP contribution in [0.2, 0.25) is 0 Å². The molecule has 3 rings (SSSR count). The first-order valence-electron chi connectivity index (χ1n) is 7.79. The van der Waals surface area contributed by atoms with E-state index in [0.29, 0.717) is 11.1 Å². The normalized spacial score (nSPS) is 14.5. The summed E-state index contributed by atoms with van der Waals surface area (Å²) in [6.07, 6.45) is 0. The van der Waals surface area contributed by atoms with Crippen LogP contribution in [0.3, 0.4) is 0 Å². The molecule has 1 aliphatic heterocycles. The molecule has 0 saturated carbocycles. The minimum atomic E-state index is -0.422. The molecule has 3 amide bonds. The summed E-state index contributed by atoms with van der Waals surface area (Å²) in [7, 11) is 0. The minimum absolute atomic E-state index is 0.200. The molecule has 1 heterocycles. The van der Waals surface area contributed by atoms with Gasteiger partial charge in [0.2, 0.25) is 5.91 Å². The Kier molecular flexibility index (Phi) is 4.16. The van der Waals surface area contributed by atoms with Crippen LogP contribution >= 0.6 is 0 Å². The largest absolute Gasteiger partial charge is 0.348 e. The molecule has 1 atom stereocenters. The van der Waals surface area contributed by atoms with Gasteiger partial charge in [-0.05, 0) is 37.1 Å². The zero-order valence-corrected chi connectivity index (χ0v) is 13.6. The number of carbonyl (C=O) groups is 3. The van der Waals surface area contributed by atoms with Crippen molar-refractivity contribution in [3.63, 3.8) is 0 Å². The van der Waals surface area contributed by atoms with Gasteiger partial charge < -0.3 is 5.32 Å². The van der Waals surface area contributed by atoms with E-state index in [1.165, 1.54) is 0 Å². The van der Waals surface area contributed by atoms with Crippen molar-refractivity contribution < 1.29 is 14.4 Å². The van der Waals surface area contributed by atoms with Crippen molar-refractivity contribution in [2.45, 2.75) is 19.9 Å². The Labute approximate surface area is 140 Å². The van der Waals surface area contributed by atoms with Gasteiger partial charge in [0, 0.05) is 0 Å². The fourth-order valence-corrected chi connectivity index (χ4v) is 2.96. The zero-order valence-electron chi connectivity index (χ0n) is 13.6. The first-order valence-corrected chi connectivity index (χ1v) is 7.79. The first-order chi connectivity index (χ1) is 11.5. The van der Waals surface area contributed by atoms with E-state index in [1.54, 1.807) is 24.3 Å². The standard InChI is InChI=1S/C19H18N2O3/c1-12-7-3-4-8-14(12)13(2)20-17(22)11-21-18(23)15-9-5-6-10-16(15)19(21)24/h3-10,13H,11H2,1-2H3,(H,20,22). The van der Waals surface area contributed by atoms with Gasteiger partial charge in [-0.25, -0.2) is 0 Å². The molecule has 24 heavy (non-hydrogen) atoms. The van der Waals surface area contributed by atoms with Gasteiger partial charge in [0.15, 0.2) is 0 Å². The van der Waals surface area contributed by atoms with Crippen LogP contribution in [0.25, 0.3) is 0 Å². The van der Waals surface area contributed by atoms with Gasteiger partial charge in [0.25, 0.3) is 11.8 Å². The number of rotatable bonds is 4. The van der Waals surface area contributed by atoms with E-state index in [9.17, 15) is 14.4 Å². The van der Waals surface area contributed by atoms with Crippen LogP contribution in [-0.2, 0) is 4.79 Å². The molecule has 1 unspecified atom stereocenters. The Morgan fingerprint density at radius 3 is 2.12 bits per heavy atom. The summed E-state index contributed by atoms with van der Waals surface area (Å²) in [6, 6.07) is 14.2. The van der Waals surface area contributed by atoms with Gasteiger partial charge in [-0.2, -0.15) is 0 Å². The molecular weight excluding hydrogens is 304 g/mol. The highest BCUT2D eigenvalue weighted by Gasteiger charge is 2.36. The minimum Gasteiger partial charge on any atom is -0.348 e. The number of amides is 3. The van der Waals surface area contributed by atoms with Crippen molar-refractivity contribution in [2.75, 3.05) is 6.54 Å². The van der Waals surface area contributed by atoms with Crippen LogP contribution in [0, 0.1) is 6.92 Å². The van der Waals surface area contributed by atoms with Crippen molar-refractivity contribution in [1.29, 1.82) is 0 Å². The van der Waals surface area contributed by atoms with E-state index in [-0.39, 0.29) is 18.5 Å². The van der Waals surface area contributed by atoms with E-state index in [1.807, 2.05) is 38.1 Å². The van der Waals surface area contributed by atoms with Crippen LogP contribution in [0.15, 0.2) is 48.5 Å². The number of nitrogens with zero attached hydrogens (tertiary/aromatic N) is 1. The number of benzene rings is 2. The number of aryl methyl sites for hydroxylation is 1. The van der Waals surface area contributed by atoms with Crippen molar-refractivity contribution in [3.8, 4) is 0 Å². The Bertz CT molecular complexity index is 794. The molecule has 0 spiro atoms. The molecule has 0 saturated heterocycles. The lowest BCUT2D eigenvalue weighted by molar-refractivity contribution is -0.122. The van der Waals surface area contributed by atoms with Crippen LogP contribution < -0.4 is 5.32 Å². The maximum absolute atomic E-state index is 12.3. The number of nitrogens with one attached hydrogen (secondary N) is 1. The van der Waals surface area contributed by atoms with Crippen molar-refractivity contribution in [1.82, 2.24) is 10.2 Å². The van der Waals surface area contributed by atoms with Gasteiger partial charge >= 0.3 is 0 Å². The predicted molar refractivity (Wildman–Crippen MR) is 89.5 cm³/mol. The lowest BCUT2D eigenvalue weighted by atomic mass is 10.0. The van der Waals surface area contributed by atoms with Crippen molar-refractivity contribution in [2.24, 2.45) is 0 Å². The monoisotopic (exact) mass is 322 g/mol. The number of hydrogen-bond donors (Lipinski definition) is 1. The van der Waals surface area contributed by atoms with Crippen LogP contribution in [0.1, 0.15) is 44.8 Å². The highest BCUT2D eigenvalue weighted by atomic mass is 16.2. The van der Waals surface area contributed by atoms with Gasteiger partial charge in [-0.15, -0.1) is 0 Å². The second-order valence-electron chi connectivity index (χ2n) is 5.89. The molecular formula is C19H18N2O3. The molecule has 0 aromatic heterocycles.